The number of aromatic nitrogens is 3. The first-order valence-corrected chi connectivity index (χ1v) is 5.71. The first kappa shape index (κ1) is 12.1. The van der Waals surface area contributed by atoms with Crippen molar-refractivity contribution in [1.29, 1.82) is 0 Å². The topological polar surface area (TPSA) is 43.1 Å². The molecule has 0 saturated heterocycles. The van der Waals surface area contributed by atoms with Crippen LogP contribution in [0, 0.1) is 13.8 Å². The number of nitrogens with zero attached hydrogens (tertiary/aromatic N) is 4. The fraction of sp³-hybridized carbons (Fsp3) is 0.182. The number of halogens is 2. The molecule has 0 aliphatic rings. The molecule has 0 N–H and O–H groups in total. The van der Waals surface area contributed by atoms with E-state index in [-0.39, 0.29) is 0 Å². The van der Waals surface area contributed by atoms with E-state index in [1.165, 1.54) is 0 Å². The molecule has 0 unspecified atom stereocenters. The SMILES string of the molecule is Cc1nnc(C)n1/N=C/c1ccc(Cl)c(Cl)c1. The van der Waals surface area contributed by atoms with Gasteiger partial charge in [0.05, 0.1) is 16.3 Å². The van der Waals surface area contributed by atoms with Crippen molar-refractivity contribution in [2.24, 2.45) is 5.10 Å². The Bertz CT molecular complexity index is 555. The van der Waals surface area contributed by atoms with Crippen LogP contribution in [-0.4, -0.2) is 21.1 Å². The maximum atomic E-state index is 5.91. The maximum Gasteiger partial charge on any atom is 0.151 e. The van der Waals surface area contributed by atoms with Gasteiger partial charge in [-0.1, -0.05) is 29.3 Å². The van der Waals surface area contributed by atoms with Gasteiger partial charge in [0.1, 0.15) is 0 Å². The fourth-order valence-electron chi connectivity index (χ4n) is 1.35. The van der Waals surface area contributed by atoms with Gasteiger partial charge < -0.3 is 0 Å². The normalized spacial score (nSPS) is 11.3. The second kappa shape index (κ2) is 4.85. The van der Waals surface area contributed by atoms with Crippen LogP contribution < -0.4 is 0 Å². The van der Waals surface area contributed by atoms with Crippen LogP contribution in [0.25, 0.3) is 0 Å². The van der Waals surface area contributed by atoms with Crippen LogP contribution in [0.15, 0.2) is 23.3 Å². The van der Waals surface area contributed by atoms with E-state index in [1.54, 1.807) is 23.0 Å². The summed E-state index contributed by atoms with van der Waals surface area (Å²) in [7, 11) is 0. The summed E-state index contributed by atoms with van der Waals surface area (Å²) in [5.41, 5.74) is 0.868. The molecule has 2 rings (SSSR count). The maximum absolute atomic E-state index is 5.91. The van der Waals surface area contributed by atoms with Crippen molar-refractivity contribution in [3.05, 3.63) is 45.5 Å². The molecule has 4 nitrogen and oxygen atoms in total. The van der Waals surface area contributed by atoms with Gasteiger partial charge in [-0.15, -0.1) is 10.2 Å². The molecular weight excluding hydrogens is 259 g/mol. The highest BCUT2D eigenvalue weighted by Crippen LogP contribution is 2.21. The number of hydrogen-bond donors (Lipinski definition) is 0. The van der Waals surface area contributed by atoms with Crippen LogP contribution >= 0.6 is 23.2 Å². The molecule has 0 amide bonds. The number of aryl methyl sites for hydroxylation is 2. The monoisotopic (exact) mass is 268 g/mol. The minimum Gasteiger partial charge on any atom is -0.202 e. The molecule has 0 radical (unpaired) electrons. The Kier molecular flexibility index (Phi) is 3.45. The highest BCUT2D eigenvalue weighted by atomic mass is 35.5. The second-order valence-electron chi connectivity index (χ2n) is 3.52. The van der Waals surface area contributed by atoms with Crippen molar-refractivity contribution < 1.29 is 0 Å². The zero-order valence-electron chi connectivity index (χ0n) is 9.35. The molecular formula is C11H10Cl2N4. The van der Waals surface area contributed by atoms with E-state index in [4.69, 9.17) is 23.2 Å². The molecule has 0 spiro atoms. The van der Waals surface area contributed by atoms with Crippen molar-refractivity contribution in [1.82, 2.24) is 14.9 Å². The van der Waals surface area contributed by atoms with Crippen LogP contribution in [-0.2, 0) is 0 Å². The predicted octanol–water partition coefficient (Wildman–Crippen LogP) is 3.08. The predicted molar refractivity (Wildman–Crippen MR) is 69.0 cm³/mol. The largest absolute Gasteiger partial charge is 0.202 e. The lowest BCUT2D eigenvalue weighted by atomic mass is 10.2. The quantitative estimate of drug-likeness (QED) is 0.786. The highest BCUT2D eigenvalue weighted by Gasteiger charge is 2.02. The van der Waals surface area contributed by atoms with E-state index in [0.29, 0.717) is 10.0 Å². The Morgan fingerprint density at radius 2 is 1.76 bits per heavy atom. The summed E-state index contributed by atoms with van der Waals surface area (Å²) in [5.74, 6) is 1.47. The minimum absolute atomic E-state index is 0.507. The molecule has 0 aliphatic carbocycles. The molecule has 0 saturated carbocycles. The van der Waals surface area contributed by atoms with Gasteiger partial charge in [0.15, 0.2) is 11.6 Å². The molecule has 0 atom stereocenters. The summed E-state index contributed by atoms with van der Waals surface area (Å²) in [6.45, 7) is 3.68. The molecule has 0 bridgehead atoms. The molecule has 2 aromatic rings. The Balaban J connectivity index is 2.29. The summed E-state index contributed by atoms with van der Waals surface area (Å²) < 4.78 is 1.66. The summed E-state index contributed by atoms with van der Waals surface area (Å²) >= 11 is 11.7. The van der Waals surface area contributed by atoms with Gasteiger partial charge in [-0.25, -0.2) is 4.68 Å². The van der Waals surface area contributed by atoms with E-state index in [1.807, 2.05) is 19.9 Å². The number of hydrogen-bond acceptors (Lipinski definition) is 3. The Labute approximate surface area is 109 Å². The van der Waals surface area contributed by atoms with Gasteiger partial charge in [-0.3, -0.25) is 0 Å². The molecule has 17 heavy (non-hydrogen) atoms. The molecule has 1 heterocycles. The average Bonchev–Trinajstić information content (AvgIpc) is 2.61. The number of rotatable bonds is 2. The van der Waals surface area contributed by atoms with Crippen molar-refractivity contribution in [3.8, 4) is 0 Å². The number of benzene rings is 1. The smallest absolute Gasteiger partial charge is 0.151 e. The van der Waals surface area contributed by atoms with Crippen molar-refractivity contribution in [2.45, 2.75) is 13.8 Å². The molecule has 1 aromatic carbocycles. The summed E-state index contributed by atoms with van der Waals surface area (Å²) in [5, 5.41) is 13.1. The second-order valence-corrected chi connectivity index (χ2v) is 4.34. The zero-order chi connectivity index (χ0) is 12.4. The third kappa shape index (κ3) is 2.65. The Morgan fingerprint density at radius 1 is 1.12 bits per heavy atom. The average molecular weight is 269 g/mol. The van der Waals surface area contributed by atoms with Crippen LogP contribution in [0.1, 0.15) is 17.2 Å². The molecule has 88 valence electrons. The van der Waals surface area contributed by atoms with E-state index in [2.05, 4.69) is 15.3 Å². The fourth-order valence-corrected chi connectivity index (χ4v) is 1.65. The summed E-state index contributed by atoms with van der Waals surface area (Å²) in [6, 6.07) is 5.33. The molecule has 0 fully saturated rings. The standard InChI is InChI=1S/C11H10Cl2N4/c1-7-15-16-8(2)17(7)14-6-9-3-4-10(12)11(13)5-9/h3-6H,1-2H3/b14-6+. The van der Waals surface area contributed by atoms with E-state index in [9.17, 15) is 0 Å². The lowest BCUT2D eigenvalue weighted by Crippen LogP contribution is -1.96. The lowest BCUT2D eigenvalue weighted by Gasteiger charge is -1.99. The third-order valence-electron chi connectivity index (χ3n) is 2.22. The molecule has 6 heteroatoms. The van der Waals surface area contributed by atoms with Gasteiger partial charge in [0.2, 0.25) is 0 Å². The van der Waals surface area contributed by atoms with E-state index >= 15 is 0 Å². The summed E-state index contributed by atoms with van der Waals surface area (Å²) in [4.78, 5) is 0. The van der Waals surface area contributed by atoms with Gasteiger partial charge >= 0.3 is 0 Å². The van der Waals surface area contributed by atoms with Crippen molar-refractivity contribution in [2.75, 3.05) is 0 Å². The van der Waals surface area contributed by atoms with Gasteiger partial charge in [-0.2, -0.15) is 5.10 Å². The van der Waals surface area contributed by atoms with Crippen LogP contribution in [0.4, 0.5) is 0 Å². The minimum atomic E-state index is 0.507. The lowest BCUT2D eigenvalue weighted by molar-refractivity contribution is 0.799. The molecule has 1 aromatic heterocycles. The van der Waals surface area contributed by atoms with Crippen LogP contribution in [0.3, 0.4) is 0 Å². The first-order chi connectivity index (χ1) is 8.08. The van der Waals surface area contributed by atoms with Gasteiger partial charge in [-0.05, 0) is 31.5 Å². The summed E-state index contributed by atoms with van der Waals surface area (Å²) in [6.07, 6.45) is 1.69. The third-order valence-corrected chi connectivity index (χ3v) is 2.96. The molecule has 0 aliphatic heterocycles. The zero-order valence-corrected chi connectivity index (χ0v) is 10.9. The van der Waals surface area contributed by atoms with E-state index in [0.717, 1.165) is 17.2 Å². The highest BCUT2D eigenvalue weighted by molar-refractivity contribution is 6.42. The van der Waals surface area contributed by atoms with Gasteiger partial charge in [0.25, 0.3) is 0 Å². The Morgan fingerprint density at radius 3 is 2.35 bits per heavy atom. The van der Waals surface area contributed by atoms with Gasteiger partial charge in [0, 0.05) is 0 Å². The van der Waals surface area contributed by atoms with Crippen LogP contribution in [0.5, 0.6) is 0 Å². The first-order valence-electron chi connectivity index (χ1n) is 4.96. The Hall–Kier alpha value is -1.39. The van der Waals surface area contributed by atoms with Crippen molar-refractivity contribution in [3.63, 3.8) is 0 Å². The van der Waals surface area contributed by atoms with Crippen LogP contribution in [0.2, 0.25) is 10.0 Å². The van der Waals surface area contributed by atoms with Crippen molar-refractivity contribution >= 4 is 29.4 Å². The van der Waals surface area contributed by atoms with E-state index < -0.39 is 0 Å².